The van der Waals surface area contributed by atoms with Gasteiger partial charge in [0.15, 0.2) is 11.6 Å². The van der Waals surface area contributed by atoms with Gasteiger partial charge in [-0.1, -0.05) is 19.1 Å². The molecule has 0 spiro atoms. The van der Waals surface area contributed by atoms with Gasteiger partial charge in [-0.05, 0) is 56.8 Å². The molecule has 21 heavy (non-hydrogen) atoms. The molecular formula is C17H27FN2O. The van der Waals surface area contributed by atoms with E-state index in [4.69, 9.17) is 10.5 Å². The van der Waals surface area contributed by atoms with Crippen LogP contribution in [-0.2, 0) is 6.42 Å². The first-order valence-corrected chi connectivity index (χ1v) is 8.08. The molecule has 1 fully saturated rings. The van der Waals surface area contributed by atoms with Crippen molar-refractivity contribution in [3.63, 3.8) is 0 Å². The lowest BCUT2D eigenvalue weighted by Gasteiger charge is -2.17. The van der Waals surface area contributed by atoms with Gasteiger partial charge in [0.2, 0.25) is 0 Å². The average molecular weight is 294 g/mol. The molecule has 1 heterocycles. The van der Waals surface area contributed by atoms with Crippen molar-refractivity contribution >= 4 is 0 Å². The standard InChI is InChI=1S/C17H27FN2O/c1-2-15(19)13-14-7-5-8-16(18)17(14)21-12-6-11-20-9-3-4-10-20/h5,7-8,15H,2-4,6,9-13,19H2,1H3. The van der Waals surface area contributed by atoms with E-state index in [0.29, 0.717) is 18.8 Å². The molecule has 1 aromatic carbocycles. The molecule has 118 valence electrons. The number of ether oxygens (including phenoxy) is 1. The predicted molar refractivity (Wildman–Crippen MR) is 84.2 cm³/mol. The van der Waals surface area contributed by atoms with Crippen molar-refractivity contribution in [1.82, 2.24) is 4.90 Å². The zero-order chi connectivity index (χ0) is 15.1. The summed E-state index contributed by atoms with van der Waals surface area (Å²) in [6.07, 6.45) is 5.08. The highest BCUT2D eigenvalue weighted by Crippen LogP contribution is 2.24. The zero-order valence-corrected chi connectivity index (χ0v) is 13.0. The normalized spacial score (nSPS) is 17.1. The van der Waals surface area contributed by atoms with Gasteiger partial charge in [0, 0.05) is 12.6 Å². The number of nitrogens with zero attached hydrogens (tertiary/aromatic N) is 1. The lowest BCUT2D eigenvalue weighted by atomic mass is 10.0. The number of halogens is 1. The molecule has 1 aliphatic rings. The van der Waals surface area contributed by atoms with E-state index < -0.39 is 0 Å². The second kappa shape index (κ2) is 8.35. The molecule has 0 aromatic heterocycles. The van der Waals surface area contributed by atoms with E-state index in [0.717, 1.165) is 24.9 Å². The molecule has 0 saturated carbocycles. The van der Waals surface area contributed by atoms with E-state index in [-0.39, 0.29) is 11.9 Å². The summed E-state index contributed by atoms with van der Waals surface area (Å²) in [6, 6.07) is 5.15. The molecule has 2 rings (SSSR count). The van der Waals surface area contributed by atoms with Crippen LogP contribution in [0.1, 0.15) is 38.2 Å². The molecule has 0 amide bonds. The van der Waals surface area contributed by atoms with Crippen LogP contribution in [0, 0.1) is 5.82 Å². The van der Waals surface area contributed by atoms with Crippen molar-refractivity contribution in [2.45, 2.75) is 45.1 Å². The number of hydrogen-bond donors (Lipinski definition) is 1. The molecular weight excluding hydrogens is 267 g/mol. The van der Waals surface area contributed by atoms with Gasteiger partial charge in [-0.3, -0.25) is 0 Å². The highest BCUT2D eigenvalue weighted by molar-refractivity contribution is 5.35. The summed E-state index contributed by atoms with van der Waals surface area (Å²) in [5.41, 5.74) is 6.86. The fourth-order valence-electron chi connectivity index (χ4n) is 2.77. The second-order valence-electron chi connectivity index (χ2n) is 5.85. The van der Waals surface area contributed by atoms with E-state index in [1.165, 1.54) is 32.0 Å². The molecule has 2 N–H and O–H groups in total. The number of rotatable bonds is 8. The van der Waals surface area contributed by atoms with Crippen LogP contribution in [0.4, 0.5) is 4.39 Å². The van der Waals surface area contributed by atoms with Gasteiger partial charge in [-0.15, -0.1) is 0 Å². The van der Waals surface area contributed by atoms with Gasteiger partial charge >= 0.3 is 0 Å². The highest BCUT2D eigenvalue weighted by atomic mass is 19.1. The van der Waals surface area contributed by atoms with Crippen molar-refractivity contribution in [3.05, 3.63) is 29.6 Å². The number of para-hydroxylation sites is 1. The van der Waals surface area contributed by atoms with Crippen LogP contribution in [0.15, 0.2) is 18.2 Å². The molecule has 4 heteroatoms. The molecule has 1 unspecified atom stereocenters. The van der Waals surface area contributed by atoms with Crippen molar-refractivity contribution in [2.75, 3.05) is 26.2 Å². The first kappa shape index (κ1) is 16.2. The van der Waals surface area contributed by atoms with Crippen molar-refractivity contribution in [2.24, 2.45) is 5.73 Å². The van der Waals surface area contributed by atoms with Crippen molar-refractivity contribution in [3.8, 4) is 5.75 Å². The first-order valence-electron chi connectivity index (χ1n) is 8.08. The number of nitrogens with two attached hydrogens (primary N) is 1. The van der Waals surface area contributed by atoms with Gasteiger partial charge in [0.05, 0.1) is 6.61 Å². The molecule has 1 aromatic rings. The summed E-state index contributed by atoms with van der Waals surface area (Å²) in [4.78, 5) is 2.44. The summed E-state index contributed by atoms with van der Waals surface area (Å²) >= 11 is 0. The van der Waals surface area contributed by atoms with Gasteiger partial charge in [-0.2, -0.15) is 0 Å². The lowest BCUT2D eigenvalue weighted by Crippen LogP contribution is -2.23. The predicted octanol–water partition coefficient (Wildman–Crippen LogP) is 2.97. The van der Waals surface area contributed by atoms with E-state index in [2.05, 4.69) is 4.90 Å². The maximum absolute atomic E-state index is 14.0. The Kier molecular flexibility index (Phi) is 6.46. The van der Waals surface area contributed by atoms with Gasteiger partial charge in [0.1, 0.15) is 0 Å². The maximum atomic E-state index is 14.0. The van der Waals surface area contributed by atoms with Crippen LogP contribution in [0.3, 0.4) is 0 Å². The Morgan fingerprint density at radius 2 is 2.10 bits per heavy atom. The Morgan fingerprint density at radius 1 is 1.33 bits per heavy atom. The summed E-state index contributed by atoms with van der Waals surface area (Å²) < 4.78 is 19.7. The molecule has 1 aliphatic heterocycles. The van der Waals surface area contributed by atoms with Crippen LogP contribution < -0.4 is 10.5 Å². The van der Waals surface area contributed by atoms with Crippen molar-refractivity contribution in [1.29, 1.82) is 0 Å². The Bertz CT molecular complexity index is 433. The molecule has 0 radical (unpaired) electrons. The number of likely N-dealkylation sites (tertiary alicyclic amines) is 1. The number of benzene rings is 1. The van der Waals surface area contributed by atoms with Crippen LogP contribution in [-0.4, -0.2) is 37.2 Å². The third-order valence-corrected chi connectivity index (χ3v) is 4.12. The summed E-state index contributed by atoms with van der Waals surface area (Å²) in [7, 11) is 0. The third kappa shape index (κ3) is 4.97. The van der Waals surface area contributed by atoms with Crippen LogP contribution >= 0.6 is 0 Å². The monoisotopic (exact) mass is 294 g/mol. The smallest absolute Gasteiger partial charge is 0.165 e. The molecule has 1 atom stereocenters. The fraction of sp³-hybridized carbons (Fsp3) is 0.647. The Labute approximate surface area is 127 Å². The first-order chi connectivity index (χ1) is 10.2. The lowest BCUT2D eigenvalue weighted by molar-refractivity contribution is 0.253. The van der Waals surface area contributed by atoms with Crippen LogP contribution in [0.5, 0.6) is 5.75 Å². The topological polar surface area (TPSA) is 38.5 Å². The quantitative estimate of drug-likeness (QED) is 0.749. The average Bonchev–Trinajstić information content (AvgIpc) is 2.99. The van der Waals surface area contributed by atoms with Gasteiger partial charge in [0.25, 0.3) is 0 Å². The largest absolute Gasteiger partial charge is 0.490 e. The zero-order valence-electron chi connectivity index (χ0n) is 13.0. The minimum Gasteiger partial charge on any atom is -0.490 e. The van der Waals surface area contributed by atoms with Crippen LogP contribution in [0.25, 0.3) is 0 Å². The molecule has 0 bridgehead atoms. The van der Waals surface area contributed by atoms with Crippen LogP contribution in [0.2, 0.25) is 0 Å². The van der Waals surface area contributed by atoms with Gasteiger partial charge < -0.3 is 15.4 Å². The van der Waals surface area contributed by atoms with Gasteiger partial charge in [-0.25, -0.2) is 4.39 Å². The second-order valence-corrected chi connectivity index (χ2v) is 5.85. The molecule has 3 nitrogen and oxygen atoms in total. The Morgan fingerprint density at radius 3 is 2.81 bits per heavy atom. The van der Waals surface area contributed by atoms with E-state index >= 15 is 0 Å². The minimum atomic E-state index is -0.281. The minimum absolute atomic E-state index is 0.0544. The van der Waals surface area contributed by atoms with E-state index in [1.54, 1.807) is 6.07 Å². The maximum Gasteiger partial charge on any atom is 0.165 e. The molecule has 0 aliphatic carbocycles. The highest BCUT2D eigenvalue weighted by Gasteiger charge is 2.14. The van der Waals surface area contributed by atoms with E-state index in [1.807, 2.05) is 13.0 Å². The summed E-state index contributed by atoms with van der Waals surface area (Å²) in [5, 5.41) is 0. The SMILES string of the molecule is CCC(N)Cc1cccc(F)c1OCCCN1CCCC1. The summed E-state index contributed by atoms with van der Waals surface area (Å²) in [5.74, 6) is 0.111. The fourth-order valence-corrected chi connectivity index (χ4v) is 2.77. The Hall–Kier alpha value is -1.13. The summed E-state index contributed by atoms with van der Waals surface area (Å²) in [6.45, 7) is 6.03. The number of hydrogen-bond acceptors (Lipinski definition) is 3. The Balaban J connectivity index is 1.85. The third-order valence-electron chi connectivity index (χ3n) is 4.12. The van der Waals surface area contributed by atoms with Crippen molar-refractivity contribution < 1.29 is 9.13 Å². The van der Waals surface area contributed by atoms with E-state index in [9.17, 15) is 4.39 Å². The molecule has 1 saturated heterocycles.